The lowest BCUT2D eigenvalue weighted by Crippen LogP contribution is -2.40. The highest BCUT2D eigenvalue weighted by Gasteiger charge is 2.27. The number of anilines is 3. The summed E-state index contributed by atoms with van der Waals surface area (Å²) >= 11 is 0. The summed E-state index contributed by atoms with van der Waals surface area (Å²) in [5.41, 5.74) is 1.24. The molecule has 1 saturated heterocycles. The molecule has 0 aliphatic carbocycles. The summed E-state index contributed by atoms with van der Waals surface area (Å²) in [6, 6.07) is 5.78. The van der Waals surface area contributed by atoms with Crippen LogP contribution in [0.1, 0.15) is 38.2 Å². The van der Waals surface area contributed by atoms with Gasteiger partial charge >= 0.3 is 0 Å². The number of nitrogens with one attached hydrogen (secondary N) is 4. The molecule has 1 fully saturated rings. The Hall–Kier alpha value is -3.22. The van der Waals surface area contributed by atoms with Gasteiger partial charge < -0.3 is 26.4 Å². The summed E-state index contributed by atoms with van der Waals surface area (Å²) < 4.78 is 13.4. The lowest BCUT2D eigenvalue weighted by atomic mass is 10.2. The predicted molar refractivity (Wildman–Crippen MR) is 122 cm³/mol. The normalized spacial score (nSPS) is 17.3. The zero-order valence-corrected chi connectivity index (χ0v) is 18.1. The molecule has 3 rings (SSSR count). The molecule has 1 aliphatic rings. The van der Waals surface area contributed by atoms with Crippen molar-refractivity contribution >= 4 is 23.4 Å². The maximum atomic E-state index is 13.4. The second kappa shape index (κ2) is 12.0. The van der Waals surface area contributed by atoms with E-state index in [9.17, 15) is 14.3 Å². The van der Waals surface area contributed by atoms with Crippen LogP contribution < -0.4 is 21.3 Å². The lowest BCUT2D eigenvalue weighted by Gasteiger charge is -2.10. The van der Waals surface area contributed by atoms with Gasteiger partial charge in [-0.15, -0.1) is 0 Å². The summed E-state index contributed by atoms with van der Waals surface area (Å²) in [4.78, 5) is 20.8. The van der Waals surface area contributed by atoms with E-state index < -0.39 is 6.10 Å². The van der Waals surface area contributed by atoms with E-state index in [1.165, 1.54) is 12.1 Å². The van der Waals surface area contributed by atoms with E-state index in [0.717, 1.165) is 13.0 Å². The van der Waals surface area contributed by atoms with Crippen LogP contribution in [-0.2, 0) is 4.79 Å². The Morgan fingerprint density at radius 2 is 2.25 bits per heavy atom. The first-order valence-corrected chi connectivity index (χ1v) is 10.9. The molecule has 0 unspecified atom stereocenters. The van der Waals surface area contributed by atoms with Crippen molar-refractivity contribution in [1.82, 2.24) is 20.6 Å². The van der Waals surface area contributed by atoms with E-state index in [1.807, 2.05) is 0 Å². The van der Waals surface area contributed by atoms with Gasteiger partial charge in [-0.3, -0.25) is 4.79 Å². The van der Waals surface area contributed by atoms with E-state index in [0.29, 0.717) is 55.4 Å². The number of carbonyl (C=O) groups is 1. The van der Waals surface area contributed by atoms with Gasteiger partial charge in [-0.05, 0) is 37.5 Å². The number of nitrogens with zero attached hydrogens (tertiary/aromatic N) is 2. The number of amides is 1. The maximum Gasteiger partial charge on any atom is 0.237 e. The summed E-state index contributed by atoms with van der Waals surface area (Å²) in [6.07, 6.45) is 3.88. The largest absolute Gasteiger partial charge is 0.392 e. The third-order valence-electron chi connectivity index (χ3n) is 4.84. The molecule has 32 heavy (non-hydrogen) atoms. The highest BCUT2D eigenvalue weighted by Crippen LogP contribution is 2.18. The Morgan fingerprint density at radius 3 is 3.00 bits per heavy atom. The quantitative estimate of drug-likeness (QED) is 0.300. The highest BCUT2D eigenvalue weighted by atomic mass is 19.1. The number of hydrogen-bond acceptors (Lipinski definition) is 7. The van der Waals surface area contributed by atoms with Gasteiger partial charge in [-0.2, -0.15) is 4.98 Å². The number of aromatic nitrogens is 2. The molecule has 0 spiro atoms. The zero-order chi connectivity index (χ0) is 22.8. The van der Waals surface area contributed by atoms with Crippen molar-refractivity contribution in [3.05, 3.63) is 41.8 Å². The standard InChI is InChI=1S/C23H29FN6O2/c1-2-10-25-21-16(14-28-23(30-21)29-18-9-6-8-17(24)12-18)7-4-3-5-11-26-22(32)20-13-19(31)15-27-20/h6,8-9,12,14,19-20,27,31H,2-3,5,10-11,13,15H2,1H3,(H,26,32)(H2,25,28,29,30)/t19-,20+/m1/s1. The third kappa shape index (κ3) is 7.18. The van der Waals surface area contributed by atoms with Crippen LogP contribution in [-0.4, -0.2) is 52.8 Å². The number of halogens is 1. The van der Waals surface area contributed by atoms with Crippen LogP contribution in [0.25, 0.3) is 0 Å². The Balaban J connectivity index is 1.53. The van der Waals surface area contributed by atoms with E-state index in [2.05, 4.69) is 50.0 Å². The second-order valence-electron chi connectivity index (χ2n) is 7.56. The van der Waals surface area contributed by atoms with E-state index in [-0.39, 0.29) is 17.8 Å². The molecule has 170 valence electrons. The Bertz CT molecular complexity index is 974. The predicted octanol–water partition coefficient (Wildman–Crippen LogP) is 2.15. The van der Waals surface area contributed by atoms with Gasteiger partial charge in [-0.25, -0.2) is 9.37 Å². The summed E-state index contributed by atoms with van der Waals surface area (Å²) in [6.45, 7) is 3.77. The van der Waals surface area contributed by atoms with Crippen LogP contribution in [0.15, 0.2) is 30.5 Å². The molecule has 1 amide bonds. The number of β-amino-alcohol motifs (C(OH)–C–C–N with tert-alkyl or cyclic N) is 1. The number of benzene rings is 1. The van der Waals surface area contributed by atoms with Crippen LogP contribution in [0.5, 0.6) is 0 Å². The van der Waals surface area contributed by atoms with Gasteiger partial charge in [0.2, 0.25) is 11.9 Å². The number of hydrogen-bond donors (Lipinski definition) is 5. The molecule has 8 nitrogen and oxygen atoms in total. The summed E-state index contributed by atoms with van der Waals surface area (Å²) in [5.74, 6) is 6.73. The molecule has 1 aromatic heterocycles. The van der Waals surface area contributed by atoms with Gasteiger partial charge in [0.25, 0.3) is 0 Å². The molecule has 0 radical (unpaired) electrons. The highest BCUT2D eigenvalue weighted by molar-refractivity contribution is 5.82. The summed E-state index contributed by atoms with van der Waals surface area (Å²) in [7, 11) is 0. The van der Waals surface area contributed by atoms with Crippen molar-refractivity contribution in [2.75, 3.05) is 30.3 Å². The van der Waals surface area contributed by atoms with Gasteiger partial charge in [0.05, 0.1) is 23.9 Å². The van der Waals surface area contributed by atoms with Crippen LogP contribution in [0.4, 0.5) is 21.8 Å². The smallest absolute Gasteiger partial charge is 0.237 e. The number of unbranched alkanes of at least 4 members (excludes halogenated alkanes) is 1. The first kappa shape index (κ1) is 23.4. The molecule has 9 heteroatoms. The minimum absolute atomic E-state index is 0.0876. The monoisotopic (exact) mass is 440 g/mol. The third-order valence-corrected chi connectivity index (χ3v) is 4.84. The average molecular weight is 441 g/mol. The maximum absolute atomic E-state index is 13.4. The molecule has 2 heterocycles. The van der Waals surface area contributed by atoms with Crippen LogP contribution in [0.3, 0.4) is 0 Å². The number of aliphatic hydroxyl groups is 1. The van der Waals surface area contributed by atoms with Crippen molar-refractivity contribution in [3.8, 4) is 11.8 Å². The van der Waals surface area contributed by atoms with Crippen molar-refractivity contribution in [1.29, 1.82) is 0 Å². The molecule has 0 bridgehead atoms. The molecule has 0 saturated carbocycles. The van der Waals surface area contributed by atoms with Crippen molar-refractivity contribution in [2.24, 2.45) is 0 Å². The number of carbonyl (C=O) groups excluding carboxylic acids is 1. The van der Waals surface area contributed by atoms with Crippen LogP contribution in [0, 0.1) is 17.7 Å². The van der Waals surface area contributed by atoms with Gasteiger partial charge in [0.1, 0.15) is 11.6 Å². The molecular formula is C23H29FN6O2. The first-order chi connectivity index (χ1) is 15.5. The molecule has 1 aliphatic heterocycles. The van der Waals surface area contributed by atoms with Gasteiger partial charge in [0.15, 0.2) is 0 Å². The Morgan fingerprint density at radius 1 is 1.38 bits per heavy atom. The summed E-state index contributed by atoms with van der Waals surface area (Å²) in [5, 5.41) is 21.6. The first-order valence-electron chi connectivity index (χ1n) is 10.9. The van der Waals surface area contributed by atoms with E-state index >= 15 is 0 Å². The Labute approximate surface area is 187 Å². The van der Waals surface area contributed by atoms with E-state index in [4.69, 9.17) is 0 Å². The topological polar surface area (TPSA) is 111 Å². The van der Waals surface area contributed by atoms with Gasteiger partial charge in [0, 0.05) is 31.7 Å². The van der Waals surface area contributed by atoms with Gasteiger partial charge in [-0.1, -0.05) is 24.8 Å². The molecule has 2 atom stereocenters. The fraction of sp³-hybridized carbons (Fsp3) is 0.435. The number of rotatable bonds is 9. The molecule has 1 aromatic carbocycles. The molecule has 2 aromatic rings. The zero-order valence-electron chi connectivity index (χ0n) is 18.1. The van der Waals surface area contributed by atoms with Crippen molar-refractivity contribution in [3.63, 3.8) is 0 Å². The molecular weight excluding hydrogens is 411 g/mol. The fourth-order valence-electron chi connectivity index (χ4n) is 3.19. The van der Waals surface area contributed by atoms with Crippen molar-refractivity contribution < 1.29 is 14.3 Å². The molecule has 5 N–H and O–H groups in total. The SMILES string of the molecule is CCCNc1nc(Nc2cccc(F)c2)ncc1C#CCCCNC(=O)[C@@H]1C[C@@H](O)CN1. The minimum Gasteiger partial charge on any atom is -0.392 e. The second-order valence-corrected chi connectivity index (χ2v) is 7.56. The average Bonchev–Trinajstić information content (AvgIpc) is 3.22. The van der Waals surface area contributed by atoms with Crippen LogP contribution in [0.2, 0.25) is 0 Å². The lowest BCUT2D eigenvalue weighted by molar-refractivity contribution is -0.122. The minimum atomic E-state index is -0.454. The number of aliphatic hydroxyl groups excluding tert-OH is 1. The van der Waals surface area contributed by atoms with E-state index in [1.54, 1.807) is 18.3 Å². The fourth-order valence-corrected chi connectivity index (χ4v) is 3.19. The van der Waals surface area contributed by atoms with Crippen molar-refractivity contribution in [2.45, 2.75) is 44.8 Å². The Kier molecular flexibility index (Phi) is 8.78. The van der Waals surface area contributed by atoms with Crippen LogP contribution >= 0.6 is 0 Å².